The first-order chi connectivity index (χ1) is 11.1. The molecule has 0 radical (unpaired) electrons. The van der Waals surface area contributed by atoms with Crippen LogP contribution in [0.1, 0.15) is 25.3 Å². The summed E-state index contributed by atoms with van der Waals surface area (Å²) in [4.78, 5) is 15.6. The van der Waals surface area contributed by atoms with Crippen LogP contribution in [0.15, 0.2) is 23.2 Å². The number of halogens is 3. The lowest BCUT2D eigenvalue weighted by molar-refractivity contribution is -0.122. The van der Waals surface area contributed by atoms with Crippen molar-refractivity contribution in [1.29, 1.82) is 0 Å². The van der Waals surface area contributed by atoms with Crippen LogP contribution in [0, 0.1) is 11.6 Å². The molecule has 8 heteroatoms. The molecule has 1 atom stereocenters. The Kier molecular flexibility index (Phi) is 8.94. The fraction of sp³-hybridized carbons (Fsp3) is 0.500. The molecule has 1 heterocycles. The molecule has 1 aromatic carbocycles. The predicted molar refractivity (Wildman–Crippen MR) is 101 cm³/mol. The van der Waals surface area contributed by atoms with Crippen molar-refractivity contribution in [2.24, 2.45) is 4.99 Å². The fourth-order valence-electron chi connectivity index (χ4n) is 2.38. The second-order valence-electron chi connectivity index (χ2n) is 5.43. The Morgan fingerprint density at radius 1 is 1.42 bits per heavy atom. The van der Waals surface area contributed by atoms with Gasteiger partial charge < -0.3 is 16.0 Å². The molecule has 1 saturated heterocycles. The molecule has 1 aromatic rings. The van der Waals surface area contributed by atoms with E-state index in [2.05, 4.69) is 20.9 Å². The van der Waals surface area contributed by atoms with E-state index >= 15 is 0 Å². The third-order valence-electron chi connectivity index (χ3n) is 3.62. The van der Waals surface area contributed by atoms with Crippen molar-refractivity contribution in [3.63, 3.8) is 0 Å². The minimum Gasteiger partial charge on any atom is -0.357 e. The summed E-state index contributed by atoms with van der Waals surface area (Å²) >= 11 is 0. The smallest absolute Gasteiger partial charge is 0.220 e. The van der Waals surface area contributed by atoms with E-state index in [1.165, 1.54) is 12.1 Å². The van der Waals surface area contributed by atoms with Crippen molar-refractivity contribution in [3.05, 3.63) is 35.4 Å². The number of hydrogen-bond acceptors (Lipinski definition) is 2. The molecule has 0 aromatic heterocycles. The third-order valence-corrected chi connectivity index (χ3v) is 3.62. The van der Waals surface area contributed by atoms with Crippen LogP contribution in [-0.2, 0) is 11.2 Å². The summed E-state index contributed by atoms with van der Waals surface area (Å²) in [6.07, 6.45) is 1.64. The lowest BCUT2D eigenvalue weighted by Gasteiger charge is -2.25. The topological polar surface area (TPSA) is 65.5 Å². The van der Waals surface area contributed by atoms with E-state index in [9.17, 15) is 13.6 Å². The summed E-state index contributed by atoms with van der Waals surface area (Å²) in [5.41, 5.74) is 0.441. The van der Waals surface area contributed by atoms with Gasteiger partial charge in [0.1, 0.15) is 11.6 Å². The van der Waals surface area contributed by atoms with Crippen molar-refractivity contribution in [1.82, 2.24) is 16.0 Å². The average molecular weight is 452 g/mol. The molecule has 0 bridgehead atoms. The van der Waals surface area contributed by atoms with Crippen LogP contribution in [0.2, 0.25) is 0 Å². The molecule has 1 fully saturated rings. The molecule has 0 aliphatic carbocycles. The summed E-state index contributed by atoms with van der Waals surface area (Å²) in [7, 11) is 0. The summed E-state index contributed by atoms with van der Waals surface area (Å²) in [6.45, 7) is 3.61. The molecule has 1 aliphatic heterocycles. The van der Waals surface area contributed by atoms with Gasteiger partial charge in [0.15, 0.2) is 5.96 Å². The highest BCUT2D eigenvalue weighted by molar-refractivity contribution is 14.0. The Labute approximate surface area is 157 Å². The zero-order valence-electron chi connectivity index (χ0n) is 13.6. The average Bonchev–Trinajstić information content (AvgIpc) is 2.52. The van der Waals surface area contributed by atoms with E-state index in [0.29, 0.717) is 44.0 Å². The maximum atomic E-state index is 13.6. The van der Waals surface area contributed by atoms with E-state index in [1.54, 1.807) is 0 Å². The Balaban J connectivity index is 0.00000288. The van der Waals surface area contributed by atoms with Crippen molar-refractivity contribution in [2.75, 3.05) is 19.6 Å². The second-order valence-corrected chi connectivity index (χ2v) is 5.43. The van der Waals surface area contributed by atoms with E-state index in [-0.39, 0.29) is 35.9 Å². The number of guanidine groups is 1. The van der Waals surface area contributed by atoms with Crippen LogP contribution in [0.3, 0.4) is 0 Å². The molecular weight excluding hydrogens is 429 g/mol. The van der Waals surface area contributed by atoms with Crippen LogP contribution in [0.5, 0.6) is 0 Å². The van der Waals surface area contributed by atoms with Crippen LogP contribution < -0.4 is 16.0 Å². The largest absolute Gasteiger partial charge is 0.357 e. The van der Waals surface area contributed by atoms with Crippen molar-refractivity contribution >= 4 is 35.8 Å². The molecule has 134 valence electrons. The first kappa shape index (κ1) is 20.6. The van der Waals surface area contributed by atoms with Crippen LogP contribution in [0.4, 0.5) is 8.78 Å². The molecule has 1 aliphatic rings. The zero-order chi connectivity index (χ0) is 16.7. The van der Waals surface area contributed by atoms with Gasteiger partial charge in [0.25, 0.3) is 0 Å². The quantitative estimate of drug-likeness (QED) is 0.364. The van der Waals surface area contributed by atoms with E-state index < -0.39 is 11.6 Å². The molecule has 2 rings (SSSR count). The number of carbonyl (C=O) groups is 1. The number of piperidine rings is 1. The molecule has 24 heavy (non-hydrogen) atoms. The fourth-order valence-corrected chi connectivity index (χ4v) is 2.38. The van der Waals surface area contributed by atoms with Gasteiger partial charge in [-0.25, -0.2) is 8.78 Å². The van der Waals surface area contributed by atoms with Crippen LogP contribution >= 0.6 is 24.0 Å². The molecule has 3 N–H and O–H groups in total. The Morgan fingerprint density at radius 2 is 2.21 bits per heavy atom. The van der Waals surface area contributed by atoms with Gasteiger partial charge in [0.05, 0.1) is 0 Å². The Hall–Kier alpha value is -1.45. The number of rotatable bonds is 5. The summed E-state index contributed by atoms with van der Waals surface area (Å²) in [5.74, 6) is -0.426. The maximum Gasteiger partial charge on any atom is 0.220 e. The number of nitrogens with one attached hydrogen (secondary N) is 3. The highest BCUT2D eigenvalue weighted by atomic mass is 127. The highest BCUT2D eigenvalue weighted by Crippen LogP contribution is 2.10. The standard InChI is InChI=1S/C16H22F2N4O.HI/c1-2-19-16(22-13-5-6-15(23)21-10-13)20-8-7-11-3-4-12(17)9-14(11)18;/h3-4,9,13H,2,5-8,10H2,1H3,(H,21,23)(H2,19,20,22);1H. The van der Waals surface area contributed by atoms with E-state index in [4.69, 9.17) is 0 Å². The molecular formula is C16H23F2IN4O. The minimum absolute atomic E-state index is 0. The normalized spacial score (nSPS) is 17.7. The van der Waals surface area contributed by atoms with Gasteiger partial charge in [-0.2, -0.15) is 0 Å². The van der Waals surface area contributed by atoms with Gasteiger partial charge in [-0.15, -0.1) is 24.0 Å². The number of aliphatic imine (C=N–C) groups is 1. The molecule has 5 nitrogen and oxygen atoms in total. The number of hydrogen-bond donors (Lipinski definition) is 3. The molecule has 1 unspecified atom stereocenters. The Bertz CT molecular complexity index is 573. The van der Waals surface area contributed by atoms with Crippen LogP contribution in [-0.4, -0.2) is 37.5 Å². The summed E-state index contributed by atoms with van der Waals surface area (Å²) in [5, 5.41) is 9.19. The van der Waals surface area contributed by atoms with Gasteiger partial charge >= 0.3 is 0 Å². The van der Waals surface area contributed by atoms with Gasteiger partial charge in [-0.3, -0.25) is 9.79 Å². The number of nitrogens with zero attached hydrogens (tertiary/aromatic N) is 1. The number of amides is 1. The lowest BCUT2D eigenvalue weighted by Crippen LogP contribution is -2.51. The van der Waals surface area contributed by atoms with Gasteiger partial charge in [-0.1, -0.05) is 6.07 Å². The number of carbonyl (C=O) groups excluding carboxylic acids is 1. The monoisotopic (exact) mass is 452 g/mol. The minimum atomic E-state index is -0.580. The summed E-state index contributed by atoms with van der Waals surface area (Å²) < 4.78 is 26.4. The SMILES string of the molecule is CCNC(=NCCc1ccc(F)cc1F)NC1CCC(=O)NC1.I. The lowest BCUT2D eigenvalue weighted by atomic mass is 10.1. The third kappa shape index (κ3) is 6.58. The van der Waals surface area contributed by atoms with Crippen LogP contribution in [0.25, 0.3) is 0 Å². The Morgan fingerprint density at radius 3 is 2.83 bits per heavy atom. The van der Waals surface area contributed by atoms with Crippen molar-refractivity contribution < 1.29 is 13.6 Å². The first-order valence-electron chi connectivity index (χ1n) is 7.84. The zero-order valence-corrected chi connectivity index (χ0v) is 15.9. The van der Waals surface area contributed by atoms with E-state index in [1.807, 2.05) is 6.92 Å². The maximum absolute atomic E-state index is 13.6. The first-order valence-corrected chi connectivity index (χ1v) is 7.84. The van der Waals surface area contributed by atoms with E-state index in [0.717, 1.165) is 12.5 Å². The van der Waals surface area contributed by atoms with Crippen molar-refractivity contribution in [2.45, 2.75) is 32.2 Å². The predicted octanol–water partition coefficient (Wildman–Crippen LogP) is 1.96. The molecule has 0 spiro atoms. The highest BCUT2D eigenvalue weighted by Gasteiger charge is 2.18. The second kappa shape index (κ2) is 10.4. The number of benzene rings is 1. The summed E-state index contributed by atoms with van der Waals surface area (Å²) in [6, 6.07) is 3.70. The molecule has 1 amide bonds. The van der Waals surface area contributed by atoms with Gasteiger partial charge in [-0.05, 0) is 31.4 Å². The van der Waals surface area contributed by atoms with Crippen molar-refractivity contribution in [3.8, 4) is 0 Å². The van der Waals surface area contributed by atoms with Gasteiger partial charge in [0, 0.05) is 38.2 Å². The molecule has 0 saturated carbocycles. The van der Waals surface area contributed by atoms with Gasteiger partial charge in [0.2, 0.25) is 5.91 Å².